The average molecular weight is 230 g/mol. The summed E-state index contributed by atoms with van der Waals surface area (Å²) in [6, 6.07) is 0.717. The minimum Gasteiger partial charge on any atom is -0.313 e. The van der Waals surface area contributed by atoms with Gasteiger partial charge < -0.3 is 10.2 Å². The van der Waals surface area contributed by atoms with Crippen LogP contribution >= 0.6 is 11.8 Å². The molecule has 0 saturated carbocycles. The van der Waals surface area contributed by atoms with E-state index < -0.39 is 0 Å². The highest BCUT2D eigenvalue weighted by Gasteiger charge is 2.17. The monoisotopic (exact) mass is 230 g/mol. The Kier molecular flexibility index (Phi) is 6.69. The molecule has 1 atom stereocenters. The molecular formula is C12H26N2S. The number of hydrogen-bond donors (Lipinski definition) is 1. The van der Waals surface area contributed by atoms with E-state index in [2.05, 4.69) is 30.3 Å². The molecule has 0 spiro atoms. The molecule has 0 radical (unpaired) electrons. The molecular weight excluding hydrogens is 204 g/mol. The number of nitrogens with one attached hydrogen (secondary N) is 1. The summed E-state index contributed by atoms with van der Waals surface area (Å²) in [7, 11) is 0. The first-order valence-electron chi connectivity index (χ1n) is 6.17. The lowest BCUT2D eigenvalue weighted by atomic mass is 10.0. The molecule has 0 aromatic rings. The number of nitrogens with zero attached hydrogens (tertiary/aromatic N) is 1. The van der Waals surface area contributed by atoms with Gasteiger partial charge in [-0.15, -0.1) is 0 Å². The lowest BCUT2D eigenvalue weighted by Crippen LogP contribution is -2.39. The minimum atomic E-state index is 0.717. The molecule has 1 aliphatic rings. The van der Waals surface area contributed by atoms with Crippen molar-refractivity contribution in [2.75, 3.05) is 38.2 Å². The van der Waals surface area contributed by atoms with Gasteiger partial charge in [0.05, 0.1) is 0 Å². The van der Waals surface area contributed by atoms with Crippen LogP contribution in [0, 0.1) is 5.92 Å². The van der Waals surface area contributed by atoms with Crippen molar-refractivity contribution in [1.29, 1.82) is 0 Å². The van der Waals surface area contributed by atoms with Crippen molar-refractivity contribution in [2.24, 2.45) is 5.92 Å². The van der Waals surface area contributed by atoms with Crippen LogP contribution in [0.25, 0.3) is 0 Å². The molecule has 0 aromatic heterocycles. The summed E-state index contributed by atoms with van der Waals surface area (Å²) < 4.78 is 0. The van der Waals surface area contributed by atoms with E-state index in [1.54, 1.807) is 0 Å². The molecule has 1 rings (SSSR count). The first-order chi connectivity index (χ1) is 7.22. The molecule has 15 heavy (non-hydrogen) atoms. The maximum absolute atomic E-state index is 3.67. The third kappa shape index (κ3) is 5.79. The van der Waals surface area contributed by atoms with Crippen LogP contribution in [0.1, 0.15) is 26.7 Å². The van der Waals surface area contributed by atoms with E-state index in [4.69, 9.17) is 0 Å². The van der Waals surface area contributed by atoms with Crippen molar-refractivity contribution in [3.05, 3.63) is 0 Å². The van der Waals surface area contributed by atoms with Crippen molar-refractivity contribution >= 4 is 11.8 Å². The number of thioether (sulfide) groups is 1. The number of hydrogen-bond acceptors (Lipinski definition) is 3. The van der Waals surface area contributed by atoms with Crippen molar-refractivity contribution in [2.45, 2.75) is 32.7 Å². The molecule has 1 fully saturated rings. The van der Waals surface area contributed by atoms with Gasteiger partial charge in [0, 0.05) is 24.9 Å². The summed E-state index contributed by atoms with van der Waals surface area (Å²) in [6.45, 7) is 9.63. The van der Waals surface area contributed by atoms with E-state index in [0.29, 0.717) is 6.04 Å². The van der Waals surface area contributed by atoms with Crippen LogP contribution in [0.4, 0.5) is 0 Å². The Morgan fingerprint density at radius 2 is 2.27 bits per heavy atom. The number of rotatable bonds is 5. The smallest absolute Gasteiger partial charge is 0.0197 e. The Bertz CT molecular complexity index is 162. The van der Waals surface area contributed by atoms with Gasteiger partial charge in [0.25, 0.3) is 0 Å². The maximum Gasteiger partial charge on any atom is 0.0197 e. The van der Waals surface area contributed by atoms with Crippen LogP contribution in [0.5, 0.6) is 0 Å². The summed E-state index contributed by atoms with van der Waals surface area (Å²) in [5.41, 5.74) is 0. The van der Waals surface area contributed by atoms with Crippen LogP contribution in [0.15, 0.2) is 0 Å². The van der Waals surface area contributed by atoms with E-state index in [0.717, 1.165) is 5.92 Å². The Morgan fingerprint density at radius 1 is 1.47 bits per heavy atom. The fourth-order valence-corrected chi connectivity index (χ4v) is 2.67. The molecule has 90 valence electrons. The third-order valence-electron chi connectivity index (χ3n) is 2.93. The van der Waals surface area contributed by atoms with Crippen LogP contribution < -0.4 is 5.32 Å². The lowest BCUT2D eigenvalue weighted by Gasteiger charge is -2.25. The molecule has 1 heterocycles. The molecule has 0 aromatic carbocycles. The van der Waals surface area contributed by atoms with E-state index in [1.165, 1.54) is 44.8 Å². The van der Waals surface area contributed by atoms with Gasteiger partial charge in [0.15, 0.2) is 0 Å². The second-order valence-electron chi connectivity index (χ2n) is 4.93. The van der Waals surface area contributed by atoms with Gasteiger partial charge in [-0.05, 0) is 38.1 Å². The molecule has 0 aliphatic carbocycles. The molecule has 0 amide bonds. The van der Waals surface area contributed by atoms with Gasteiger partial charge in [-0.3, -0.25) is 0 Å². The SMILES string of the molecule is CSCCN1CCCNC(CC(C)C)C1. The van der Waals surface area contributed by atoms with Crippen LogP contribution in [-0.4, -0.2) is 49.1 Å². The largest absolute Gasteiger partial charge is 0.313 e. The van der Waals surface area contributed by atoms with Gasteiger partial charge in [-0.2, -0.15) is 11.8 Å². The van der Waals surface area contributed by atoms with Gasteiger partial charge in [0.1, 0.15) is 0 Å². The highest BCUT2D eigenvalue weighted by atomic mass is 32.2. The van der Waals surface area contributed by atoms with E-state index in [9.17, 15) is 0 Å². The Labute approximate surface area is 99.2 Å². The van der Waals surface area contributed by atoms with Crippen molar-refractivity contribution in [3.8, 4) is 0 Å². The zero-order valence-electron chi connectivity index (χ0n) is 10.5. The molecule has 2 nitrogen and oxygen atoms in total. The van der Waals surface area contributed by atoms with Crippen LogP contribution in [-0.2, 0) is 0 Å². The molecule has 1 aliphatic heterocycles. The van der Waals surface area contributed by atoms with Gasteiger partial charge >= 0.3 is 0 Å². The minimum absolute atomic E-state index is 0.717. The first-order valence-corrected chi connectivity index (χ1v) is 7.56. The van der Waals surface area contributed by atoms with Gasteiger partial charge in [-0.1, -0.05) is 13.8 Å². The van der Waals surface area contributed by atoms with E-state index >= 15 is 0 Å². The summed E-state index contributed by atoms with van der Waals surface area (Å²) in [5.74, 6) is 2.08. The molecule has 1 unspecified atom stereocenters. The van der Waals surface area contributed by atoms with Crippen molar-refractivity contribution in [3.63, 3.8) is 0 Å². The molecule has 0 bridgehead atoms. The molecule has 1 N–H and O–H groups in total. The predicted octanol–water partition coefficient (Wildman–Crippen LogP) is 2.06. The van der Waals surface area contributed by atoms with Crippen molar-refractivity contribution < 1.29 is 0 Å². The first kappa shape index (κ1) is 13.3. The average Bonchev–Trinajstić information content (AvgIpc) is 2.39. The fraction of sp³-hybridized carbons (Fsp3) is 1.00. The summed E-state index contributed by atoms with van der Waals surface area (Å²) >= 11 is 1.96. The Hall–Kier alpha value is 0.270. The summed E-state index contributed by atoms with van der Waals surface area (Å²) in [5, 5.41) is 3.67. The third-order valence-corrected chi connectivity index (χ3v) is 3.52. The highest BCUT2D eigenvalue weighted by molar-refractivity contribution is 7.98. The van der Waals surface area contributed by atoms with E-state index in [1.807, 2.05) is 11.8 Å². The molecule has 1 saturated heterocycles. The van der Waals surface area contributed by atoms with E-state index in [-0.39, 0.29) is 0 Å². The van der Waals surface area contributed by atoms with Gasteiger partial charge in [0.2, 0.25) is 0 Å². The topological polar surface area (TPSA) is 15.3 Å². The fourth-order valence-electron chi connectivity index (χ4n) is 2.23. The Balaban J connectivity index is 2.31. The van der Waals surface area contributed by atoms with Crippen LogP contribution in [0.2, 0.25) is 0 Å². The summed E-state index contributed by atoms with van der Waals surface area (Å²) in [6.07, 6.45) is 4.82. The van der Waals surface area contributed by atoms with Crippen molar-refractivity contribution in [1.82, 2.24) is 10.2 Å². The second-order valence-corrected chi connectivity index (χ2v) is 5.91. The van der Waals surface area contributed by atoms with Gasteiger partial charge in [-0.25, -0.2) is 0 Å². The van der Waals surface area contributed by atoms with Crippen LogP contribution in [0.3, 0.4) is 0 Å². The zero-order chi connectivity index (χ0) is 11.1. The lowest BCUT2D eigenvalue weighted by molar-refractivity contribution is 0.269. The predicted molar refractivity (Wildman–Crippen MR) is 70.7 cm³/mol. The summed E-state index contributed by atoms with van der Waals surface area (Å²) in [4.78, 5) is 2.63. The normalized spacial score (nSPS) is 24.4. The Morgan fingerprint density at radius 3 is 2.93 bits per heavy atom. The second kappa shape index (κ2) is 7.53. The standard InChI is InChI=1S/C12H26N2S/c1-11(2)9-12-10-14(7-8-15-3)6-4-5-13-12/h11-13H,4-10H2,1-3H3. The highest BCUT2D eigenvalue weighted by Crippen LogP contribution is 2.10. The quantitative estimate of drug-likeness (QED) is 0.778. The maximum atomic E-state index is 3.67. The molecule has 3 heteroatoms. The zero-order valence-corrected chi connectivity index (χ0v) is 11.3.